The van der Waals surface area contributed by atoms with Crippen LogP contribution in [0.1, 0.15) is 30.6 Å². The van der Waals surface area contributed by atoms with Crippen molar-refractivity contribution in [3.05, 3.63) is 26.6 Å². The fraction of sp³-hybridized carbons (Fsp3) is 0.417. The van der Waals surface area contributed by atoms with Gasteiger partial charge in [-0.2, -0.15) is 0 Å². The first kappa shape index (κ1) is 14.5. The van der Waals surface area contributed by atoms with Crippen molar-refractivity contribution in [1.29, 1.82) is 0 Å². The molecule has 1 N–H and O–H groups in total. The van der Waals surface area contributed by atoms with Crippen molar-refractivity contribution in [2.45, 2.75) is 26.3 Å². The number of rotatable bonds is 4. The van der Waals surface area contributed by atoms with Gasteiger partial charge in [0.2, 0.25) is 0 Å². The monoisotopic (exact) mass is 363 g/mol. The third-order valence-electron chi connectivity index (χ3n) is 2.46. The van der Waals surface area contributed by atoms with E-state index in [9.17, 15) is 4.79 Å². The smallest absolute Gasteiger partial charge is 0.340 e. The molecule has 17 heavy (non-hydrogen) atoms. The molecule has 0 saturated carbocycles. The van der Waals surface area contributed by atoms with Crippen LogP contribution in [0.5, 0.6) is 0 Å². The fourth-order valence-electron chi connectivity index (χ4n) is 1.34. The summed E-state index contributed by atoms with van der Waals surface area (Å²) in [5.74, 6) is -0.349. The standard InChI is InChI=1S/C12H15Br2NO2/c1-4-7(2)15-11-9(12(16)17-3)5-8(13)6-10(11)14/h5-7,15H,4H2,1-3H3. The van der Waals surface area contributed by atoms with E-state index in [1.807, 2.05) is 6.07 Å². The second kappa shape index (κ2) is 6.40. The van der Waals surface area contributed by atoms with Crippen LogP contribution in [-0.4, -0.2) is 19.1 Å². The van der Waals surface area contributed by atoms with Gasteiger partial charge in [-0.1, -0.05) is 22.9 Å². The Morgan fingerprint density at radius 3 is 2.65 bits per heavy atom. The van der Waals surface area contributed by atoms with Crippen molar-refractivity contribution in [1.82, 2.24) is 0 Å². The van der Waals surface area contributed by atoms with Crippen molar-refractivity contribution >= 4 is 43.5 Å². The molecule has 94 valence electrons. The molecule has 0 aromatic heterocycles. The van der Waals surface area contributed by atoms with Crippen molar-refractivity contribution in [3.63, 3.8) is 0 Å². The summed E-state index contributed by atoms with van der Waals surface area (Å²) >= 11 is 6.82. The third-order valence-corrected chi connectivity index (χ3v) is 3.55. The highest BCUT2D eigenvalue weighted by Crippen LogP contribution is 2.32. The number of anilines is 1. The average molecular weight is 365 g/mol. The summed E-state index contributed by atoms with van der Waals surface area (Å²) in [6, 6.07) is 3.94. The van der Waals surface area contributed by atoms with Crippen LogP contribution in [0.25, 0.3) is 0 Å². The Hall–Kier alpha value is -0.550. The topological polar surface area (TPSA) is 38.3 Å². The van der Waals surface area contributed by atoms with Gasteiger partial charge in [0.15, 0.2) is 0 Å². The summed E-state index contributed by atoms with van der Waals surface area (Å²) in [6.07, 6.45) is 0.975. The Balaban J connectivity index is 3.20. The Bertz CT molecular complexity index is 421. The molecule has 1 unspecified atom stereocenters. The Morgan fingerprint density at radius 1 is 1.47 bits per heavy atom. The third kappa shape index (κ3) is 3.71. The molecule has 5 heteroatoms. The summed E-state index contributed by atoms with van der Waals surface area (Å²) in [5, 5.41) is 3.30. The molecule has 1 aromatic carbocycles. The summed E-state index contributed by atoms with van der Waals surface area (Å²) in [7, 11) is 1.38. The number of methoxy groups -OCH3 is 1. The van der Waals surface area contributed by atoms with E-state index >= 15 is 0 Å². The molecule has 0 aliphatic heterocycles. The maximum absolute atomic E-state index is 11.7. The average Bonchev–Trinajstić information content (AvgIpc) is 2.30. The van der Waals surface area contributed by atoms with Crippen LogP contribution in [0.15, 0.2) is 21.1 Å². The van der Waals surface area contributed by atoms with Crippen LogP contribution in [0.3, 0.4) is 0 Å². The van der Waals surface area contributed by atoms with Gasteiger partial charge in [0, 0.05) is 15.0 Å². The van der Waals surface area contributed by atoms with Crippen LogP contribution in [-0.2, 0) is 4.74 Å². The van der Waals surface area contributed by atoms with Crippen LogP contribution in [0.4, 0.5) is 5.69 Å². The van der Waals surface area contributed by atoms with E-state index in [0.717, 1.165) is 21.1 Å². The number of halogens is 2. The highest BCUT2D eigenvalue weighted by Gasteiger charge is 2.17. The molecular formula is C12H15Br2NO2. The van der Waals surface area contributed by atoms with Crippen molar-refractivity contribution in [2.24, 2.45) is 0 Å². The molecule has 0 saturated heterocycles. The molecule has 1 rings (SSSR count). The zero-order valence-electron chi connectivity index (χ0n) is 10.0. The Labute approximate surface area is 118 Å². The van der Waals surface area contributed by atoms with Crippen molar-refractivity contribution in [3.8, 4) is 0 Å². The van der Waals surface area contributed by atoms with Gasteiger partial charge < -0.3 is 10.1 Å². The van der Waals surface area contributed by atoms with Crippen LogP contribution in [0.2, 0.25) is 0 Å². The number of hydrogen-bond donors (Lipinski definition) is 1. The lowest BCUT2D eigenvalue weighted by molar-refractivity contribution is 0.0601. The molecule has 3 nitrogen and oxygen atoms in total. The Morgan fingerprint density at radius 2 is 2.12 bits per heavy atom. The lowest BCUT2D eigenvalue weighted by Crippen LogP contribution is -2.17. The number of benzene rings is 1. The van der Waals surface area contributed by atoms with Gasteiger partial charge in [0.25, 0.3) is 0 Å². The number of carbonyl (C=O) groups is 1. The highest BCUT2D eigenvalue weighted by molar-refractivity contribution is 9.11. The van der Waals surface area contributed by atoms with E-state index in [0.29, 0.717) is 5.56 Å². The van der Waals surface area contributed by atoms with Crippen molar-refractivity contribution < 1.29 is 9.53 Å². The highest BCUT2D eigenvalue weighted by atomic mass is 79.9. The van der Waals surface area contributed by atoms with Crippen LogP contribution in [0, 0.1) is 0 Å². The van der Waals surface area contributed by atoms with Gasteiger partial charge in [-0.15, -0.1) is 0 Å². The van der Waals surface area contributed by atoms with E-state index in [2.05, 4.69) is 51.0 Å². The largest absolute Gasteiger partial charge is 0.465 e. The molecule has 0 fully saturated rings. The molecule has 0 aliphatic rings. The molecule has 0 radical (unpaired) electrons. The van der Waals surface area contributed by atoms with E-state index in [1.165, 1.54) is 7.11 Å². The van der Waals surface area contributed by atoms with E-state index in [1.54, 1.807) is 6.07 Å². The normalized spacial score (nSPS) is 12.1. The fourth-order valence-corrected chi connectivity index (χ4v) is 2.68. The van der Waals surface area contributed by atoms with Gasteiger partial charge in [-0.3, -0.25) is 0 Å². The SMILES string of the molecule is CCC(C)Nc1c(Br)cc(Br)cc1C(=O)OC. The zero-order valence-corrected chi connectivity index (χ0v) is 13.2. The number of hydrogen-bond acceptors (Lipinski definition) is 3. The molecule has 1 atom stereocenters. The summed E-state index contributed by atoms with van der Waals surface area (Å²) < 4.78 is 6.45. The molecule has 0 heterocycles. The second-order valence-electron chi connectivity index (χ2n) is 3.76. The number of carbonyl (C=O) groups excluding carboxylic acids is 1. The number of ether oxygens (including phenoxy) is 1. The first-order chi connectivity index (χ1) is 7.99. The predicted octanol–water partition coefficient (Wildman–Crippen LogP) is 4.21. The lowest BCUT2D eigenvalue weighted by Gasteiger charge is -2.17. The molecular weight excluding hydrogens is 350 g/mol. The number of esters is 1. The van der Waals surface area contributed by atoms with E-state index in [4.69, 9.17) is 4.74 Å². The minimum atomic E-state index is -0.349. The summed E-state index contributed by atoms with van der Waals surface area (Å²) in [4.78, 5) is 11.7. The quantitative estimate of drug-likeness (QED) is 0.813. The van der Waals surface area contributed by atoms with Crippen LogP contribution >= 0.6 is 31.9 Å². The summed E-state index contributed by atoms with van der Waals surface area (Å²) in [6.45, 7) is 4.15. The minimum Gasteiger partial charge on any atom is -0.465 e. The zero-order chi connectivity index (χ0) is 13.0. The van der Waals surface area contributed by atoms with E-state index in [-0.39, 0.29) is 12.0 Å². The van der Waals surface area contributed by atoms with Gasteiger partial charge >= 0.3 is 5.97 Å². The van der Waals surface area contributed by atoms with Gasteiger partial charge in [0.1, 0.15) is 0 Å². The van der Waals surface area contributed by atoms with Gasteiger partial charge in [-0.25, -0.2) is 4.79 Å². The molecule has 0 amide bonds. The maximum atomic E-state index is 11.7. The minimum absolute atomic E-state index is 0.288. The number of nitrogens with one attached hydrogen (secondary N) is 1. The van der Waals surface area contributed by atoms with Gasteiger partial charge in [-0.05, 0) is 41.4 Å². The molecule has 0 spiro atoms. The van der Waals surface area contributed by atoms with Gasteiger partial charge in [0.05, 0.1) is 18.4 Å². The maximum Gasteiger partial charge on any atom is 0.340 e. The first-order valence-electron chi connectivity index (χ1n) is 5.33. The van der Waals surface area contributed by atoms with E-state index < -0.39 is 0 Å². The molecule has 0 aliphatic carbocycles. The first-order valence-corrected chi connectivity index (χ1v) is 6.92. The Kier molecular flexibility index (Phi) is 5.46. The lowest BCUT2D eigenvalue weighted by atomic mass is 10.1. The summed E-state index contributed by atoms with van der Waals surface area (Å²) in [5.41, 5.74) is 1.29. The van der Waals surface area contributed by atoms with Crippen LogP contribution < -0.4 is 5.32 Å². The second-order valence-corrected chi connectivity index (χ2v) is 5.53. The predicted molar refractivity (Wildman–Crippen MR) is 76.6 cm³/mol. The molecule has 1 aromatic rings. The van der Waals surface area contributed by atoms with Crippen molar-refractivity contribution in [2.75, 3.05) is 12.4 Å². The molecule has 0 bridgehead atoms.